The van der Waals surface area contributed by atoms with E-state index in [0.29, 0.717) is 5.92 Å². The number of fused-ring (bicyclic) bond motifs is 2. The molecular formula is C18H34O6. The molecular weight excluding hydrogens is 312 g/mol. The van der Waals surface area contributed by atoms with E-state index in [1.807, 2.05) is 13.8 Å². The first-order valence-corrected chi connectivity index (χ1v) is 9.32. The van der Waals surface area contributed by atoms with Gasteiger partial charge in [-0.3, -0.25) is 0 Å². The molecule has 1 saturated heterocycles. The van der Waals surface area contributed by atoms with Gasteiger partial charge in [0, 0.05) is 11.8 Å². The van der Waals surface area contributed by atoms with Crippen molar-refractivity contribution in [2.75, 3.05) is 6.61 Å². The van der Waals surface area contributed by atoms with Crippen LogP contribution in [0.4, 0.5) is 0 Å². The molecule has 0 aromatic rings. The van der Waals surface area contributed by atoms with E-state index < -0.39 is 36.3 Å². The van der Waals surface area contributed by atoms with Gasteiger partial charge in [-0.15, -0.1) is 0 Å². The van der Waals surface area contributed by atoms with E-state index in [0.717, 1.165) is 32.1 Å². The van der Waals surface area contributed by atoms with E-state index in [4.69, 9.17) is 9.47 Å². The standard InChI is InChI=1S/C16H28O6.C2H6/c1-9(18)12(19)13(20)14-11(8-17)21-16(22-14)7-10-3-5-15(16,2)6-4-10;1-2/h9-14,17-20H,3-8H2,1-2H3;1-2H3/t9-,10?,11?,12?,13?,14?,15?,16-;/m1./s1. The highest BCUT2D eigenvalue weighted by molar-refractivity contribution is 5.06. The van der Waals surface area contributed by atoms with Gasteiger partial charge in [-0.25, -0.2) is 0 Å². The summed E-state index contributed by atoms with van der Waals surface area (Å²) in [5.74, 6) is -0.232. The van der Waals surface area contributed by atoms with Crippen LogP contribution in [0.3, 0.4) is 0 Å². The molecule has 2 bridgehead atoms. The molecule has 24 heavy (non-hydrogen) atoms. The Labute approximate surface area is 144 Å². The van der Waals surface area contributed by atoms with E-state index in [1.54, 1.807) is 0 Å². The zero-order valence-electron chi connectivity index (χ0n) is 15.3. The lowest BCUT2D eigenvalue weighted by Gasteiger charge is -2.55. The van der Waals surface area contributed by atoms with Gasteiger partial charge >= 0.3 is 0 Å². The molecule has 6 atom stereocenters. The summed E-state index contributed by atoms with van der Waals surface area (Å²) in [6.07, 6.45) is -0.0788. The van der Waals surface area contributed by atoms with Crippen molar-refractivity contribution in [2.45, 2.75) is 96.1 Å². The van der Waals surface area contributed by atoms with Crippen molar-refractivity contribution in [1.29, 1.82) is 0 Å². The number of aliphatic hydroxyl groups excluding tert-OH is 4. The Balaban J connectivity index is 0.00000100. The van der Waals surface area contributed by atoms with E-state index in [9.17, 15) is 20.4 Å². The van der Waals surface area contributed by atoms with Gasteiger partial charge in [0.05, 0.1) is 12.7 Å². The maximum Gasteiger partial charge on any atom is 0.175 e. The summed E-state index contributed by atoms with van der Waals surface area (Å²) in [7, 11) is 0. The van der Waals surface area contributed by atoms with Gasteiger partial charge in [0.2, 0.25) is 0 Å². The minimum Gasteiger partial charge on any atom is -0.394 e. The molecule has 142 valence electrons. The summed E-state index contributed by atoms with van der Waals surface area (Å²) in [5, 5.41) is 39.4. The monoisotopic (exact) mass is 346 g/mol. The summed E-state index contributed by atoms with van der Waals surface area (Å²) in [5.41, 5.74) is -0.126. The summed E-state index contributed by atoms with van der Waals surface area (Å²) in [4.78, 5) is 0. The summed E-state index contributed by atoms with van der Waals surface area (Å²) >= 11 is 0. The minimum absolute atomic E-state index is 0.126. The van der Waals surface area contributed by atoms with E-state index in [1.165, 1.54) is 6.92 Å². The Kier molecular flexibility index (Phi) is 6.32. The number of rotatable bonds is 4. The number of ether oxygens (including phenoxy) is 2. The molecule has 0 aromatic heterocycles. The van der Waals surface area contributed by atoms with E-state index in [-0.39, 0.29) is 12.0 Å². The SMILES string of the molecule is CC.C[C@@H](O)C(O)C(O)C1O[C@@]2(CC3CCC2(C)CC3)OC1CO. The van der Waals surface area contributed by atoms with Gasteiger partial charge in [0.25, 0.3) is 0 Å². The third kappa shape index (κ3) is 3.24. The largest absolute Gasteiger partial charge is 0.394 e. The van der Waals surface area contributed by atoms with Crippen LogP contribution in [-0.2, 0) is 9.47 Å². The second-order valence-corrected chi connectivity index (χ2v) is 7.60. The van der Waals surface area contributed by atoms with Gasteiger partial charge in [-0.1, -0.05) is 20.8 Å². The van der Waals surface area contributed by atoms with Crippen LogP contribution >= 0.6 is 0 Å². The summed E-state index contributed by atoms with van der Waals surface area (Å²) in [6, 6.07) is 0. The molecule has 4 fully saturated rings. The molecule has 0 radical (unpaired) electrons. The van der Waals surface area contributed by atoms with Crippen molar-refractivity contribution in [2.24, 2.45) is 11.3 Å². The Hall–Kier alpha value is -0.240. The fourth-order valence-corrected chi connectivity index (χ4v) is 4.45. The lowest BCUT2D eigenvalue weighted by molar-refractivity contribution is -0.296. The number of hydrogen-bond donors (Lipinski definition) is 4. The first-order valence-electron chi connectivity index (χ1n) is 9.32. The molecule has 4 aliphatic rings. The van der Waals surface area contributed by atoms with Crippen LogP contribution in [0, 0.1) is 11.3 Å². The summed E-state index contributed by atoms with van der Waals surface area (Å²) < 4.78 is 12.3. The van der Waals surface area contributed by atoms with Gasteiger partial charge in [-0.05, 0) is 38.5 Å². The second-order valence-electron chi connectivity index (χ2n) is 7.60. The Morgan fingerprint density at radius 1 is 1.08 bits per heavy atom. The van der Waals surface area contributed by atoms with Crippen molar-refractivity contribution in [3.63, 3.8) is 0 Å². The van der Waals surface area contributed by atoms with Gasteiger partial charge in [0.1, 0.15) is 24.4 Å². The van der Waals surface area contributed by atoms with E-state index >= 15 is 0 Å². The lowest BCUT2D eigenvalue weighted by Crippen LogP contribution is -2.56. The van der Waals surface area contributed by atoms with Crippen molar-refractivity contribution in [3.05, 3.63) is 0 Å². The Bertz CT molecular complexity index is 406. The van der Waals surface area contributed by atoms with Gasteiger partial charge in [0.15, 0.2) is 5.79 Å². The van der Waals surface area contributed by atoms with Crippen molar-refractivity contribution >= 4 is 0 Å². The molecule has 3 aliphatic carbocycles. The quantitative estimate of drug-likeness (QED) is 0.610. The normalized spacial score (nSPS) is 44.8. The van der Waals surface area contributed by atoms with Crippen molar-refractivity contribution in [1.82, 2.24) is 0 Å². The Morgan fingerprint density at radius 3 is 2.12 bits per heavy atom. The van der Waals surface area contributed by atoms with Crippen LogP contribution in [0.5, 0.6) is 0 Å². The molecule has 1 aliphatic heterocycles. The fourth-order valence-electron chi connectivity index (χ4n) is 4.45. The molecule has 4 rings (SSSR count). The van der Waals surface area contributed by atoms with Crippen molar-refractivity contribution < 1.29 is 29.9 Å². The maximum atomic E-state index is 10.3. The van der Waals surface area contributed by atoms with Crippen LogP contribution in [-0.4, -0.2) is 63.3 Å². The summed E-state index contributed by atoms with van der Waals surface area (Å²) in [6.45, 7) is 7.28. The van der Waals surface area contributed by atoms with Crippen LogP contribution < -0.4 is 0 Å². The maximum absolute atomic E-state index is 10.3. The molecule has 4 N–H and O–H groups in total. The number of hydrogen-bond acceptors (Lipinski definition) is 6. The van der Waals surface area contributed by atoms with Gasteiger partial charge < -0.3 is 29.9 Å². The molecule has 1 heterocycles. The highest BCUT2D eigenvalue weighted by Gasteiger charge is 2.64. The molecule has 0 amide bonds. The molecule has 3 saturated carbocycles. The molecule has 1 spiro atoms. The average molecular weight is 346 g/mol. The molecule has 6 heteroatoms. The minimum atomic E-state index is -1.33. The molecule has 6 nitrogen and oxygen atoms in total. The smallest absolute Gasteiger partial charge is 0.175 e. The zero-order chi connectivity index (χ0) is 18.1. The fraction of sp³-hybridized carbons (Fsp3) is 1.00. The van der Waals surface area contributed by atoms with Crippen LogP contribution in [0.25, 0.3) is 0 Å². The average Bonchev–Trinajstić information content (AvgIpc) is 2.96. The molecule has 4 unspecified atom stereocenters. The molecule has 0 aromatic carbocycles. The predicted molar refractivity (Wildman–Crippen MR) is 89.3 cm³/mol. The first kappa shape index (κ1) is 20.1. The highest BCUT2D eigenvalue weighted by Crippen LogP contribution is 2.60. The third-order valence-electron chi connectivity index (χ3n) is 6.08. The second kappa shape index (κ2) is 7.56. The van der Waals surface area contributed by atoms with Crippen molar-refractivity contribution in [3.8, 4) is 0 Å². The van der Waals surface area contributed by atoms with Crippen LogP contribution in [0.2, 0.25) is 0 Å². The topological polar surface area (TPSA) is 99.4 Å². The third-order valence-corrected chi connectivity index (χ3v) is 6.08. The predicted octanol–water partition coefficient (Wildman–Crippen LogP) is 1.19. The highest BCUT2D eigenvalue weighted by atomic mass is 16.8. The van der Waals surface area contributed by atoms with E-state index in [2.05, 4.69) is 6.92 Å². The first-order chi connectivity index (χ1) is 11.3. The van der Waals surface area contributed by atoms with Gasteiger partial charge in [-0.2, -0.15) is 0 Å². The Morgan fingerprint density at radius 2 is 1.67 bits per heavy atom. The zero-order valence-corrected chi connectivity index (χ0v) is 15.3. The van der Waals surface area contributed by atoms with Crippen LogP contribution in [0.1, 0.15) is 59.8 Å². The van der Waals surface area contributed by atoms with Crippen LogP contribution in [0.15, 0.2) is 0 Å². The lowest BCUT2D eigenvalue weighted by atomic mass is 9.58. The number of aliphatic hydroxyl groups is 4.